The van der Waals surface area contributed by atoms with E-state index in [2.05, 4.69) is 0 Å². The summed E-state index contributed by atoms with van der Waals surface area (Å²) in [5.41, 5.74) is 14.1. The van der Waals surface area contributed by atoms with E-state index in [1.165, 1.54) is 18.2 Å². The van der Waals surface area contributed by atoms with Gasteiger partial charge < -0.3 is 25.7 Å². The number of hydrogen-bond donors (Lipinski definition) is 2. The summed E-state index contributed by atoms with van der Waals surface area (Å²) < 4.78 is 52.4. The number of carbonyl (C=O) groups excluding carboxylic acids is 2. The first-order chi connectivity index (χ1) is 18.1. The lowest BCUT2D eigenvalue weighted by atomic mass is 10.2. The molecule has 0 radical (unpaired) electrons. The predicted octanol–water partition coefficient (Wildman–Crippen LogP) is 5.94. The lowest BCUT2D eigenvalue weighted by Gasteiger charge is -2.09. The molecule has 7 nitrogen and oxygen atoms in total. The van der Waals surface area contributed by atoms with Crippen LogP contribution in [0.5, 0.6) is 11.5 Å². The van der Waals surface area contributed by atoms with Gasteiger partial charge in [0, 0.05) is 29.4 Å². The topological polar surface area (TPSA) is 114 Å². The molecule has 0 aliphatic rings. The van der Waals surface area contributed by atoms with Crippen molar-refractivity contribution in [1.82, 2.24) is 0 Å². The predicted molar refractivity (Wildman–Crippen MR) is 137 cm³/mol. The van der Waals surface area contributed by atoms with Gasteiger partial charge in [0.25, 0.3) is 0 Å². The monoisotopic (exact) mass is 528 g/mol. The number of ether oxygens (including phenoxy) is 3. The average molecular weight is 529 g/mol. The van der Waals surface area contributed by atoms with Gasteiger partial charge in [-0.05, 0) is 73.0 Å². The third kappa shape index (κ3) is 9.53. The van der Waals surface area contributed by atoms with Crippen molar-refractivity contribution in [3.05, 3.63) is 89.5 Å². The number of esters is 2. The molecular formula is C28H27F3N2O5. The maximum atomic E-state index is 12.4. The summed E-state index contributed by atoms with van der Waals surface area (Å²) >= 11 is 0. The molecule has 0 aliphatic heterocycles. The second-order valence-electron chi connectivity index (χ2n) is 8.30. The van der Waals surface area contributed by atoms with Gasteiger partial charge in [0.1, 0.15) is 18.1 Å². The number of halogens is 3. The van der Waals surface area contributed by atoms with Crippen LogP contribution in [0.1, 0.15) is 40.7 Å². The minimum atomic E-state index is -4.16. The highest BCUT2D eigenvalue weighted by Gasteiger charge is 2.25. The molecule has 10 heteroatoms. The number of alkyl halides is 3. The lowest BCUT2D eigenvalue weighted by Crippen LogP contribution is -2.09. The average Bonchev–Trinajstić information content (AvgIpc) is 2.87. The van der Waals surface area contributed by atoms with Crippen LogP contribution < -0.4 is 20.9 Å². The fraction of sp³-hybridized carbons (Fsp3) is 0.214. The molecule has 3 aromatic carbocycles. The van der Waals surface area contributed by atoms with Crippen molar-refractivity contribution in [1.29, 1.82) is 0 Å². The molecule has 200 valence electrons. The van der Waals surface area contributed by atoms with Crippen LogP contribution >= 0.6 is 0 Å². The number of unbranched alkanes of at least 4 members (excludes halogenated alkanes) is 1. The molecule has 0 aromatic heterocycles. The first-order valence-electron chi connectivity index (χ1n) is 11.7. The van der Waals surface area contributed by atoms with Gasteiger partial charge in [0.05, 0.1) is 12.2 Å². The Hall–Kier alpha value is -4.47. The molecule has 3 rings (SSSR count). The van der Waals surface area contributed by atoms with Crippen molar-refractivity contribution in [3.63, 3.8) is 0 Å². The van der Waals surface area contributed by atoms with E-state index in [0.29, 0.717) is 34.0 Å². The molecule has 0 unspecified atom stereocenters. The Labute approximate surface area is 217 Å². The number of rotatable bonds is 11. The fourth-order valence-corrected chi connectivity index (χ4v) is 3.22. The van der Waals surface area contributed by atoms with Gasteiger partial charge in [-0.15, -0.1) is 0 Å². The Morgan fingerprint density at radius 3 is 2.21 bits per heavy atom. The first-order valence-corrected chi connectivity index (χ1v) is 11.7. The number of benzene rings is 3. The second-order valence-corrected chi connectivity index (χ2v) is 8.30. The lowest BCUT2D eigenvalue weighted by molar-refractivity contribution is -0.139. The molecule has 0 amide bonds. The summed E-state index contributed by atoms with van der Waals surface area (Å²) in [4.78, 5) is 24.4. The summed E-state index contributed by atoms with van der Waals surface area (Å²) in [5, 5.41) is 0. The van der Waals surface area contributed by atoms with Crippen molar-refractivity contribution in [2.45, 2.75) is 32.0 Å². The number of hydrogen-bond acceptors (Lipinski definition) is 7. The third-order valence-electron chi connectivity index (χ3n) is 5.26. The highest BCUT2D eigenvalue weighted by molar-refractivity contribution is 5.91. The Kier molecular flexibility index (Phi) is 9.75. The Morgan fingerprint density at radius 2 is 1.55 bits per heavy atom. The summed E-state index contributed by atoms with van der Waals surface area (Å²) in [6.45, 7) is 0.162. The number of anilines is 2. The largest absolute Gasteiger partial charge is 0.494 e. The zero-order chi connectivity index (χ0) is 27.5. The summed E-state index contributed by atoms with van der Waals surface area (Å²) in [6, 6.07) is 17.6. The number of carbonyl (C=O) groups is 2. The van der Waals surface area contributed by atoms with Crippen molar-refractivity contribution in [2.24, 2.45) is 0 Å². The molecule has 0 heterocycles. The third-order valence-corrected chi connectivity index (χ3v) is 5.26. The van der Waals surface area contributed by atoms with E-state index in [4.69, 9.17) is 25.7 Å². The van der Waals surface area contributed by atoms with Gasteiger partial charge in [-0.25, -0.2) is 9.59 Å². The number of nitrogens with two attached hydrogens (primary N) is 2. The van der Waals surface area contributed by atoms with Crippen LogP contribution in [0.3, 0.4) is 0 Å². The van der Waals surface area contributed by atoms with E-state index in [1.807, 2.05) is 0 Å². The molecule has 0 atom stereocenters. The Morgan fingerprint density at radius 1 is 0.868 bits per heavy atom. The quantitative estimate of drug-likeness (QED) is 0.104. The van der Waals surface area contributed by atoms with Gasteiger partial charge in [-0.2, -0.15) is 13.2 Å². The van der Waals surface area contributed by atoms with Gasteiger partial charge in [0.15, 0.2) is 0 Å². The van der Waals surface area contributed by atoms with Gasteiger partial charge >= 0.3 is 18.1 Å². The zero-order valence-corrected chi connectivity index (χ0v) is 20.4. The van der Waals surface area contributed by atoms with Crippen LogP contribution in [-0.4, -0.2) is 24.7 Å². The minimum Gasteiger partial charge on any atom is -0.494 e. The Bertz CT molecular complexity index is 1260. The van der Waals surface area contributed by atoms with Crippen molar-refractivity contribution >= 4 is 29.4 Å². The Balaban J connectivity index is 1.43. The van der Waals surface area contributed by atoms with Gasteiger partial charge in [0.2, 0.25) is 0 Å². The maximum Gasteiger partial charge on any atom is 0.389 e. The van der Waals surface area contributed by atoms with Crippen LogP contribution in [0, 0.1) is 0 Å². The van der Waals surface area contributed by atoms with Crippen LogP contribution in [0.15, 0.2) is 72.8 Å². The van der Waals surface area contributed by atoms with Crippen LogP contribution in [-0.2, 0) is 16.1 Å². The summed E-state index contributed by atoms with van der Waals surface area (Å²) in [7, 11) is 0. The van der Waals surface area contributed by atoms with Crippen LogP contribution in [0.4, 0.5) is 24.5 Å². The molecule has 0 saturated carbocycles. The molecule has 3 aromatic rings. The molecule has 0 fully saturated rings. The fourth-order valence-electron chi connectivity index (χ4n) is 3.22. The van der Waals surface area contributed by atoms with Crippen LogP contribution in [0.25, 0.3) is 6.08 Å². The van der Waals surface area contributed by atoms with Crippen molar-refractivity contribution in [2.75, 3.05) is 18.1 Å². The minimum absolute atomic E-state index is 0.00729. The molecule has 0 aliphatic carbocycles. The van der Waals surface area contributed by atoms with Gasteiger partial charge in [-0.1, -0.05) is 18.2 Å². The van der Waals surface area contributed by atoms with E-state index in [-0.39, 0.29) is 31.6 Å². The molecule has 0 spiro atoms. The van der Waals surface area contributed by atoms with E-state index >= 15 is 0 Å². The smallest absolute Gasteiger partial charge is 0.389 e. The first kappa shape index (κ1) is 28.1. The number of nitrogen functional groups attached to an aromatic ring is 2. The van der Waals surface area contributed by atoms with Crippen molar-refractivity contribution in [3.8, 4) is 11.5 Å². The maximum absolute atomic E-state index is 12.4. The van der Waals surface area contributed by atoms with E-state index in [0.717, 1.165) is 0 Å². The van der Waals surface area contributed by atoms with E-state index < -0.39 is 24.5 Å². The SMILES string of the molecule is Nc1ccc(COC(=O)C=Cc2ccc(OC(=O)c3ccc(OCCCCC(F)(F)F)cc3)cc2)c(N)c1. The van der Waals surface area contributed by atoms with E-state index in [9.17, 15) is 22.8 Å². The molecule has 38 heavy (non-hydrogen) atoms. The highest BCUT2D eigenvalue weighted by atomic mass is 19.4. The summed E-state index contributed by atoms with van der Waals surface area (Å²) in [6.07, 6.45) is -1.91. The molecule has 4 N–H and O–H groups in total. The second kappa shape index (κ2) is 13.2. The zero-order valence-electron chi connectivity index (χ0n) is 20.4. The molecule has 0 saturated heterocycles. The van der Waals surface area contributed by atoms with E-state index in [1.54, 1.807) is 60.7 Å². The summed E-state index contributed by atoms with van der Waals surface area (Å²) in [5.74, 6) is -0.389. The molecular weight excluding hydrogens is 501 g/mol. The van der Waals surface area contributed by atoms with Crippen molar-refractivity contribution < 1.29 is 37.0 Å². The van der Waals surface area contributed by atoms with Crippen LogP contribution in [0.2, 0.25) is 0 Å². The molecule has 0 bridgehead atoms. The van der Waals surface area contributed by atoms with Gasteiger partial charge in [-0.3, -0.25) is 0 Å². The normalized spacial score (nSPS) is 11.3. The highest BCUT2D eigenvalue weighted by Crippen LogP contribution is 2.23. The standard InChI is InChI=1S/C28H27F3N2O5/c29-28(30,31)15-1-2-16-36-23-12-7-20(8-13-23)27(35)38-24-10-3-19(4-11-24)5-14-26(34)37-18-21-6-9-22(32)17-25(21)33/h3-14,17H,1-2,15-16,18,32-33H2.